The summed E-state index contributed by atoms with van der Waals surface area (Å²) >= 11 is 6.46. The molecular formula is C33H34ClF3N2O4S. The summed E-state index contributed by atoms with van der Waals surface area (Å²) in [6, 6.07) is 15.3. The fourth-order valence-electron chi connectivity index (χ4n) is 7.77. The molecule has 2 aliphatic carbocycles. The number of fused-ring (bicyclic) bond motifs is 2. The number of amides is 1. The minimum atomic E-state index is -3.97. The lowest BCUT2D eigenvalue weighted by Crippen LogP contribution is -2.55. The van der Waals surface area contributed by atoms with Crippen LogP contribution >= 0.6 is 11.6 Å². The van der Waals surface area contributed by atoms with Crippen LogP contribution in [0.1, 0.15) is 61.4 Å². The summed E-state index contributed by atoms with van der Waals surface area (Å²) in [4.78, 5) is 19.2. The van der Waals surface area contributed by atoms with Crippen molar-refractivity contribution in [2.75, 3.05) is 11.9 Å². The van der Waals surface area contributed by atoms with Gasteiger partial charge in [-0.15, -0.1) is 0 Å². The van der Waals surface area contributed by atoms with E-state index in [-0.39, 0.29) is 38.5 Å². The number of nitrogens with zero attached hydrogens (tertiary/aromatic N) is 1. The Kier molecular flexibility index (Phi) is 8.56. The summed E-state index contributed by atoms with van der Waals surface area (Å²) in [5, 5.41) is 3.76. The number of hydroxylamine groups is 2. The van der Waals surface area contributed by atoms with E-state index in [2.05, 4.69) is 29.4 Å². The van der Waals surface area contributed by atoms with Gasteiger partial charge in [-0.2, -0.15) is 5.06 Å². The maximum atomic E-state index is 14.3. The highest BCUT2D eigenvalue weighted by molar-refractivity contribution is 7.92. The molecule has 11 heteroatoms. The lowest BCUT2D eigenvalue weighted by Gasteiger charge is -2.48. The van der Waals surface area contributed by atoms with Gasteiger partial charge in [0.05, 0.1) is 27.3 Å². The lowest BCUT2D eigenvalue weighted by molar-refractivity contribution is -0.186. The third-order valence-corrected chi connectivity index (χ3v) is 12.5. The summed E-state index contributed by atoms with van der Waals surface area (Å²) in [6.45, 7) is 3.40. The molecule has 1 N–H and O–H groups in total. The van der Waals surface area contributed by atoms with Crippen LogP contribution in [0, 0.1) is 35.2 Å². The molecule has 234 valence electrons. The fourth-order valence-corrected chi connectivity index (χ4v) is 10.6. The van der Waals surface area contributed by atoms with Crippen molar-refractivity contribution >= 4 is 33.0 Å². The second-order valence-electron chi connectivity index (χ2n) is 12.3. The summed E-state index contributed by atoms with van der Waals surface area (Å²) < 4.78 is 69.4. The van der Waals surface area contributed by atoms with Gasteiger partial charge in [-0.05, 0) is 67.7 Å². The predicted octanol–water partition coefficient (Wildman–Crippen LogP) is 7.57. The van der Waals surface area contributed by atoms with Crippen molar-refractivity contribution in [2.24, 2.45) is 17.8 Å². The highest BCUT2D eigenvalue weighted by atomic mass is 35.5. The second-order valence-corrected chi connectivity index (χ2v) is 14.8. The van der Waals surface area contributed by atoms with Gasteiger partial charge in [-0.1, -0.05) is 55.3 Å². The molecule has 0 aromatic heterocycles. The predicted molar refractivity (Wildman–Crippen MR) is 161 cm³/mol. The standard InChI is InChI=1S/C33H34ClF3N2O4S/c1-2-6-24-19-43-39(18-20-7-4-3-5-8-20)33(24)16-22-9-10-23(17-33)31(22)44(41,42)29-13-21(11-12-26(29)34)32(40)38-25-14-27(35)30(37)28(36)15-25/h3-5,7-8,11-15,22-24,31H,2,6,9-10,16-19H2,1H3,(H,38,40)/t22-,23?,24?,31?,33?/m1/s1. The summed E-state index contributed by atoms with van der Waals surface area (Å²) in [7, 11) is -3.97. The quantitative estimate of drug-likeness (QED) is 0.256. The van der Waals surface area contributed by atoms with Crippen LogP contribution in [0.25, 0.3) is 0 Å². The monoisotopic (exact) mass is 646 g/mol. The fraction of sp³-hybridized carbons (Fsp3) is 0.424. The SMILES string of the molecule is CCCC1CON(Cc2ccccc2)C12CC1CC[C@H](C2)C1S(=O)(=O)c1cc(C(=O)Nc2cc(F)c(F)c(F)c2)ccc1Cl. The van der Waals surface area contributed by atoms with Crippen molar-refractivity contribution < 1.29 is 31.2 Å². The van der Waals surface area contributed by atoms with Gasteiger partial charge in [0, 0.05) is 35.8 Å². The van der Waals surface area contributed by atoms with E-state index >= 15 is 0 Å². The van der Waals surface area contributed by atoms with E-state index in [0.717, 1.165) is 31.2 Å². The topological polar surface area (TPSA) is 75.7 Å². The Balaban J connectivity index is 1.27. The molecular weight excluding hydrogens is 613 g/mol. The summed E-state index contributed by atoms with van der Waals surface area (Å²) in [5.41, 5.74) is 0.509. The van der Waals surface area contributed by atoms with E-state index in [9.17, 15) is 26.4 Å². The average molecular weight is 647 g/mol. The molecule has 4 unspecified atom stereocenters. The van der Waals surface area contributed by atoms with Gasteiger partial charge in [-0.3, -0.25) is 9.63 Å². The van der Waals surface area contributed by atoms with E-state index in [4.69, 9.17) is 16.4 Å². The number of benzene rings is 3. The zero-order chi connectivity index (χ0) is 31.2. The van der Waals surface area contributed by atoms with Crippen LogP contribution in [-0.4, -0.2) is 36.8 Å². The van der Waals surface area contributed by atoms with Gasteiger partial charge >= 0.3 is 0 Å². The Morgan fingerprint density at radius 2 is 1.68 bits per heavy atom. The Hall–Kier alpha value is -2.92. The molecule has 6 nitrogen and oxygen atoms in total. The molecule has 2 bridgehead atoms. The van der Waals surface area contributed by atoms with Crippen LogP contribution in [0.3, 0.4) is 0 Å². The van der Waals surface area contributed by atoms with Gasteiger partial charge in [0.2, 0.25) is 0 Å². The van der Waals surface area contributed by atoms with E-state index in [1.807, 2.05) is 18.2 Å². The normalized spacial score (nSPS) is 26.8. The third-order valence-electron chi connectivity index (χ3n) is 9.66. The minimum Gasteiger partial charge on any atom is -0.322 e. The van der Waals surface area contributed by atoms with E-state index in [1.54, 1.807) is 0 Å². The van der Waals surface area contributed by atoms with Crippen LogP contribution in [0.4, 0.5) is 18.9 Å². The second kappa shape index (κ2) is 12.1. The van der Waals surface area contributed by atoms with Crippen molar-refractivity contribution in [2.45, 2.75) is 67.7 Å². The van der Waals surface area contributed by atoms with Crippen molar-refractivity contribution in [3.05, 3.63) is 94.3 Å². The largest absolute Gasteiger partial charge is 0.322 e. The number of hydrogen-bond acceptors (Lipinski definition) is 5. The molecule has 1 heterocycles. The molecule has 1 aliphatic heterocycles. The van der Waals surface area contributed by atoms with Crippen LogP contribution in [0.5, 0.6) is 0 Å². The molecule has 0 radical (unpaired) electrons. The Morgan fingerprint density at radius 1 is 1.02 bits per heavy atom. The Labute approximate surface area is 260 Å². The average Bonchev–Trinajstić information content (AvgIpc) is 3.46. The first kappa shape index (κ1) is 31.1. The van der Waals surface area contributed by atoms with E-state index in [0.29, 0.717) is 44.0 Å². The maximum Gasteiger partial charge on any atom is 0.255 e. The van der Waals surface area contributed by atoms with Crippen LogP contribution in [-0.2, 0) is 21.2 Å². The molecule has 3 fully saturated rings. The van der Waals surface area contributed by atoms with Gasteiger partial charge < -0.3 is 5.32 Å². The third kappa shape index (κ3) is 5.55. The van der Waals surface area contributed by atoms with Crippen molar-refractivity contribution in [1.82, 2.24) is 5.06 Å². The molecule has 44 heavy (non-hydrogen) atoms. The van der Waals surface area contributed by atoms with Gasteiger partial charge in [0.1, 0.15) is 0 Å². The zero-order valence-corrected chi connectivity index (χ0v) is 25.8. The Bertz CT molecular complexity index is 1640. The van der Waals surface area contributed by atoms with E-state index in [1.165, 1.54) is 18.2 Å². The molecule has 1 spiro atoms. The van der Waals surface area contributed by atoms with Crippen LogP contribution in [0.15, 0.2) is 65.6 Å². The van der Waals surface area contributed by atoms with Crippen molar-refractivity contribution in [1.29, 1.82) is 0 Å². The molecule has 1 saturated heterocycles. The molecule has 1 amide bonds. The number of nitrogens with one attached hydrogen (secondary N) is 1. The first-order chi connectivity index (χ1) is 21.0. The summed E-state index contributed by atoms with van der Waals surface area (Å²) in [6.07, 6.45) is 4.91. The molecule has 5 atom stereocenters. The number of carbonyl (C=O) groups excluding carboxylic acids is 1. The number of halogens is 4. The first-order valence-electron chi connectivity index (χ1n) is 15.0. The smallest absolute Gasteiger partial charge is 0.255 e. The number of rotatable bonds is 8. The van der Waals surface area contributed by atoms with Crippen molar-refractivity contribution in [3.63, 3.8) is 0 Å². The number of sulfone groups is 1. The molecule has 3 aromatic rings. The summed E-state index contributed by atoms with van der Waals surface area (Å²) in [5.74, 6) is -5.31. The van der Waals surface area contributed by atoms with E-state index < -0.39 is 38.4 Å². The first-order valence-corrected chi connectivity index (χ1v) is 16.9. The maximum absolute atomic E-state index is 14.3. The number of carbonyl (C=O) groups is 1. The van der Waals surface area contributed by atoms with Gasteiger partial charge in [-0.25, -0.2) is 21.6 Å². The highest BCUT2D eigenvalue weighted by Gasteiger charge is 2.61. The lowest BCUT2D eigenvalue weighted by atomic mass is 9.67. The zero-order valence-electron chi connectivity index (χ0n) is 24.2. The molecule has 6 rings (SSSR count). The highest BCUT2D eigenvalue weighted by Crippen LogP contribution is 2.57. The van der Waals surface area contributed by atoms with Gasteiger partial charge in [0.15, 0.2) is 27.3 Å². The molecule has 2 saturated carbocycles. The number of hydrogen-bond donors (Lipinski definition) is 1. The Morgan fingerprint density at radius 3 is 2.32 bits per heavy atom. The molecule has 3 aromatic carbocycles. The minimum absolute atomic E-state index is 0.00105. The van der Waals surface area contributed by atoms with Crippen LogP contribution < -0.4 is 5.32 Å². The number of anilines is 1. The van der Waals surface area contributed by atoms with Crippen molar-refractivity contribution in [3.8, 4) is 0 Å². The van der Waals surface area contributed by atoms with Crippen LogP contribution in [0.2, 0.25) is 5.02 Å². The molecule has 3 aliphatic rings. The van der Waals surface area contributed by atoms with Gasteiger partial charge in [0.25, 0.3) is 5.91 Å².